The van der Waals surface area contributed by atoms with Gasteiger partial charge in [0.2, 0.25) is 5.43 Å². The van der Waals surface area contributed by atoms with Crippen LogP contribution in [-0.2, 0) is 6.42 Å². The molecule has 0 atom stereocenters. The molecule has 0 spiro atoms. The Morgan fingerprint density at radius 3 is 2.85 bits per heavy atom. The van der Waals surface area contributed by atoms with Crippen LogP contribution in [0.4, 0.5) is 0 Å². The smallest absolute Gasteiger partial charge is 0.285 e. The number of nitrogens with one attached hydrogen (secondary N) is 1. The number of hydrogen-bond acceptors (Lipinski definition) is 3. The van der Waals surface area contributed by atoms with Crippen molar-refractivity contribution in [1.82, 2.24) is 10.2 Å². The SMILES string of the molecule is C=C(C)Cc1cccc(Cl)c1Oc1n[nH]c(Cl)cc1=O. The molecule has 0 amide bonds. The van der Waals surface area contributed by atoms with E-state index in [2.05, 4.69) is 16.8 Å². The van der Waals surface area contributed by atoms with Crippen LogP contribution in [-0.4, -0.2) is 10.2 Å². The molecule has 0 aliphatic heterocycles. The van der Waals surface area contributed by atoms with E-state index in [-0.39, 0.29) is 11.0 Å². The van der Waals surface area contributed by atoms with Crippen LogP contribution >= 0.6 is 23.2 Å². The molecule has 20 heavy (non-hydrogen) atoms. The molecular formula is C14H12Cl2N2O2. The fourth-order valence-corrected chi connectivity index (χ4v) is 2.04. The lowest BCUT2D eigenvalue weighted by atomic mass is 10.1. The van der Waals surface area contributed by atoms with Crippen LogP contribution in [0.5, 0.6) is 11.6 Å². The first-order valence-corrected chi connectivity index (χ1v) is 6.58. The van der Waals surface area contributed by atoms with Crippen molar-refractivity contribution in [2.24, 2.45) is 0 Å². The molecule has 2 rings (SSSR count). The van der Waals surface area contributed by atoms with Gasteiger partial charge in [-0.3, -0.25) is 9.89 Å². The number of hydrogen-bond donors (Lipinski definition) is 1. The summed E-state index contributed by atoms with van der Waals surface area (Å²) in [6.07, 6.45) is 0.599. The standard InChI is InChI=1S/C14H12Cl2N2O2/c1-8(2)6-9-4-3-5-10(15)13(9)20-14-11(19)7-12(16)17-18-14/h3-5,7H,1,6H2,2H3,(H,17,19). The zero-order valence-corrected chi connectivity index (χ0v) is 12.3. The minimum Gasteiger partial charge on any atom is -0.433 e. The second-order valence-electron chi connectivity index (χ2n) is 4.35. The second-order valence-corrected chi connectivity index (χ2v) is 5.16. The van der Waals surface area contributed by atoms with Gasteiger partial charge in [-0.15, -0.1) is 5.10 Å². The van der Waals surface area contributed by atoms with Gasteiger partial charge in [0, 0.05) is 11.6 Å². The van der Waals surface area contributed by atoms with E-state index in [1.54, 1.807) is 6.07 Å². The summed E-state index contributed by atoms with van der Waals surface area (Å²) in [7, 11) is 0. The van der Waals surface area contributed by atoms with E-state index in [1.165, 1.54) is 6.07 Å². The summed E-state index contributed by atoms with van der Waals surface area (Å²) in [5, 5.41) is 6.78. The highest BCUT2D eigenvalue weighted by atomic mass is 35.5. The van der Waals surface area contributed by atoms with Gasteiger partial charge in [-0.05, 0) is 19.4 Å². The molecule has 0 radical (unpaired) electrons. The van der Waals surface area contributed by atoms with Crippen molar-refractivity contribution >= 4 is 23.2 Å². The number of benzene rings is 1. The molecule has 0 unspecified atom stereocenters. The molecule has 1 aromatic carbocycles. The van der Waals surface area contributed by atoms with E-state index >= 15 is 0 Å². The Balaban J connectivity index is 2.42. The quantitative estimate of drug-likeness (QED) is 0.869. The van der Waals surface area contributed by atoms with Gasteiger partial charge in [0.1, 0.15) is 5.15 Å². The number of aromatic amines is 1. The number of halogens is 2. The Bertz CT molecular complexity index is 711. The number of ether oxygens (including phenoxy) is 1. The average Bonchev–Trinajstić information content (AvgIpc) is 2.35. The maximum atomic E-state index is 11.7. The van der Waals surface area contributed by atoms with Crippen LogP contribution in [0.15, 0.2) is 41.2 Å². The van der Waals surface area contributed by atoms with Crippen molar-refractivity contribution in [2.45, 2.75) is 13.3 Å². The maximum Gasteiger partial charge on any atom is 0.285 e. The Morgan fingerprint density at radius 2 is 2.20 bits per heavy atom. The zero-order valence-electron chi connectivity index (χ0n) is 10.7. The van der Waals surface area contributed by atoms with Crippen LogP contribution in [0.2, 0.25) is 10.2 Å². The highest BCUT2D eigenvalue weighted by Gasteiger charge is 2.13. The number of aromatic nitrogens is 2. The van der Waals surface area contributed by atoms with E-state index in [1.807, 2.05) is 19.1 Å². The molecule has 1 aromatic heterocycles. The number of para-hydroxylation sites is 1. The molecule has 0 saturated heterocycles. The predicted molar refractivity (Wildman–Crippen MR) is 79.9 cm³/mol. The number of rotatable bonds is 4. The van der Waals surface area contributed by atoms with Crippen LogP contribution in [0.3, 0.4) is 0 Å². The molecule has 0 aliphatic carbocycles. The molecular weight excluding hydrogens is 299 g/mol. The second kappa shape index (κ2) is 6.11. The lowest BCUT2D eigenvalue weighted by Crippen LogP contribution is -2.08. The van der Waals surface area contributed by atoms with E-state index < -0.39 is 5.43 Å². The number of allylic oxidation sites excluding steroid dienone is 1. The van der Waals surface area contributed by atoms with Crippen molar-refractivity contribution in [3.05, 3.63) is 62.4 Å². The molecule has 0 saturated carbocycles. The zero-order chi connectivity index (χ0) is 14.7. The molecule has 1 N–H and O–H groups in total. The Morgan fingerprint density at radius 1 is 1.45 bits per heavy atom. The van der Waals surface area contributed by atoms with Crippen LogP contribution in [0, 0.1) is 0 Å². The van der Waals surface area contributed by atoms with Crippen molar-refractivity contribution in [3.63, 3.8) is 0 Å². The minimum atomic E-state index is -0.421. The summed E-state index contributed by atoms with van der Waals surface area (Å²) in [5.41, 5.74) is 1.37. The predicted octanol–water partition coefficient (Wildman–Crippen LogP) is 3.99. The molecule has 0 aliphatic rings. The van der Waals surface area contributed by atoms with Gasteiger partial charge < -0.3 is 4.74 Å². The summed E-state index contributed by atoms with van der Waals surface area (Å²) in [5.74, 6) is 0.294. The fourth-order valence-electron chi connectivity index (χ4n) is 1.67. The van der Waals surface area contributed by atoms with Crippen molar-refractivity contribution in [2.75, 3.05) is 0 Å². The van der Waals surface area contributed by atoms with E-state index in [0.717, 1.165) is 11.1 Å². The Labute approximate surface area is 126 Å². The van der Waals surface area contributed by atoms with E-state index in [9.17, 15) is 4.79 Å². The van der Waals surface area contributed by atoms with E-state index in [0.29, 0.717) is 17.2 Å². The third kappa shape index (κ3) is 3.40. The highest BCUT2D eigenvalue weighted by molar-refractivity contribution is 6.32. The largest absolute Gasteiger partial charge is 0.433 e. The average molecular weight is 311 g/mol. The summed E-state index contributed by atoms with van der Waals surface area (Å²) >= 11 is 11.8. The Kier molecular flexibility index (Phi) is 4.47. The third-order valence-corrected chi connectivity index (χ3v) is 2.96. The van der Waals surface area contributed by atoms with Crippen LogP contribution < -0.4 is 10.2 Å². The van der Waals surface area contributed by atoms with Gasteiger partial charge in [0.25, 0.3) is 5.88 Å². The monoisotopic (exact) mass is 310 g/mol. The topological polar surface area (TPSA) is 55.0 Å². The van der Waals surface area contributed by atoms with E-state index in [4.69, 9.17) is 27.9 Å². The van der Waals surface area contributed by atoms with Gasteiger partial charge in [-0.1, -0.05) is 47.5 Å². The molecule has 1 heterocycles. The van der Waals surface area contributed by atoms with Gasteiger partial charge in [-0.2, -0.15) is 0 Å². The molecule has 104 valence electrons. The van der Waals surface area contributed by atoms with Crippen molar-refractivity contribution in [1.29, 1.82) is 0 Å². The van der Waals surface area contributed by atoms with Gasteiger partial charge in [0.15, 0.2) is 5.75 Å². The van der Waals surface area contributed by atoms with Crippen molar-refractivity contribution < 1.29 is 4.74 Å². The number of H-pyrrole nitrogens is 1. The van der Waals surface area contributed by atoms with Gasteiger partial charge in [-0.25, -0.2) is 0 Å². The molecule has 6 heteroatoms. The normalized spacial score (nSPS) is 10.3. The van der Waals surface area contributed by atoms with Crippen LogP contribution in [0.1, 0.15) is 12.5 Å². The Hall–Kier alpha value is -1.78. The summed E-state index contributed by atoms with van der Waals surface area (Å²) < 4.78 is 5.54. The molecule has 0 fully saturated rings. The first-order chi connectivity index (χ1) is 9.47. The third-order valence-electron chi connectivity index (χ3n) is 2.47. The minimum absolute atomic E-state index is 0.106. The van der Waals surface area contributed by atoms with Crippen molar-refractivity contribution in [3.8, 4) is 11.6 Å². The summed E-state index contributed by atoms with van der Waals surface area (Å²) in [6, 6.07) is 6.55. The number of nitrogens with zero attached hydrogens (tertiary/aromatic N) is 1. The molecule has 4 nitrogen and oxygen atoms in total. The first-order valence-electron chi connectivity index (χ1n) is 5.82. The van der Waals surface area contributed by atoms with Crippen LogP contribution in [0.25, 0.3) is 0 Å². The lowest BCUT2D eigenvalue weighted by Gasteiger charge is -2.11. The lowest BCUT2D eigenvalue weighted by molar-refractivity contribution is 0.446. The maximum absolute atomic E-state index is 11.7. The van der Waals surface area contributed by atoms with Gasteiger partial charge >= 0.3 is 0 Å². The molecule has 2 aromatic rings. The fraction of sp³-hybridized carbons (Fsp3) is 0.143. The summed E-state index contributed by atoms with van der Waals surface area (Å²) in [4.78, 5) is 11.7. The highest BCUT2D eigenvalue weighted by Crippen LogP contribution is 2.32. The summed E-state index contributed by atoms with van der Waals surface area (Å²) in [6.45, 7) is 5.76. The molecule has 0 bridgehead atoms. The van der Waals surface area contributed by atoms with Gasteiger partial charge in [0.05, 0.1) is 5.02 Å². The first kappa shape index (κ1) is 14.6.